The van der Waals surface area contributed by atoms with Gasteiger partial charge in [0.25, 0.3) is 5.91 Å². The molecule has 2 N–H and O–H groups in total. The van der Waals surface area contributed by atoms with Crippen molar-refractivity contribution in [2.24, 2.45) is 0 Å². The third-order valence-corrected chi connectivity index (χ3v) is 3.55. The Morgan fingerprint density at radius 1 is 1.09 bits per heavy atom. The first kappa shape index (κ1) is 14.1. The van der Waals surface area contributed by atoms with E-state index in [-0.39, 0.29) is 11.9 Å². The lowest BCUT2D eigenvalue weighted by Gasteiger charge is -2.13. The van der Waals surface area contributed by atoms with Crippen LogP contribution in [-0.4, -0.2) is 16.1 Å². The Kier molecular flexibility index (Phi) is 4.01. The summed E-state index contributed by atoms with van der Waals surface area (Å²) >= 11 is 0. The van der Waals surface area contributed by atoms with E-state index in [1.807, 2.05) is 73.7 Å². The highest BCUT2D eigenvalue weighted by atomic mass is 16.2. The Labute approximate surface area is 129 Å². The molecule has 4 nitrogen and oxygen atoms in total. The van der Waals surface area contributed by atoms with Crippen LogP contribution in [0.3, 0.4) is 0 Å². The van der Waals surface area contributed by atoms with Gasteiger partial charge in [0.15, 0.2) is 5.69 Å². The molecule has 110 valence electrons. The zero-order valence-electron chi connectivity index (χ0n) is 12.3. The number of H-pyrrole nitrogens is 1. The fourth-order valence-corrected chi connectivity index (χ4v) is 2.35. The second-order valence-electron chi connectivity index (χ2n) is 5.11. The molecule has 0 spiro atoms. The minimum absolute atomic E-state index is 0.0750. The van der Waals surface area contributed by atoms with E-state index in [2.05, 4.69) is 15.5 Å². The molecule has 1 heterocycles. The number of benzene rings is 1. The topological polar surface area (TPSA) is 57.8 Å². The third kappa shape index (κ3) is 2.91. The van der Waals surface area contributed by atoms with E-state index in [1.165, 1.54) is 0 Å². The number of fused-ring (bicyclic) bond motifs is 1. The van der Waals surface area contributed by atoms with E-state index >= 15 is 0 Å². The second kappa shape index (κ2) is 6.26. The summed E-state index contributed by atoms with van der Waals surface area (Å²) in [6.45, 7) is 1.96. The van der Waals surface area contributed by atoms with Crippen molar-refractivity contribution in [3.8, 4) is 0 Å². The van der Waals surface area contributed by atoms with Gasteiger partial charge in [-0.3, -0.25) is 9.89 Å². The van der Waals surface area contributed by atoms with Crippen LogP contribution in [0.2, 0.25) is 0 Å². The number of nitrogens with zero attached hydrogens (tertiary/aromatic N) is 1. The van der Waals surface area contributed by atoms with E-state index in [9.17, 15) is 4.79 Å². The van der Waals surface area contributed by atoms with Crippen molar-refractivity contribution in [1.29, 1.82) is 0 Å². The van der Waals surface area contributed by atoms with E-state index in [4.69, 9.17) is 0 Å². The number of allylic oxidation sites excluding steroid dienone is 4. The zero-order chi connectivity index (χ0) is 15.4. The Hall–Kier alpha value is -2.88. The van der Waals surface area contributed by atoms with Crippen LogP contribution in [0, 0.1) is 0 Å². The molecule has 3 rings (SSSR count). The third-order valence-electron chi connectivity index (χ3n) is 3.55. The Morgan fingerprint density at radius 3 is 2.59 bits per heavy atom. The number of carbonyl (C=O) groups excluding carboxylic acids is 1. The molecule has 4 heteroatoms. The number of hydrogen-bond acceptors (Lipinski definition) is 2. The summed E-state index contributed by atoms with van der Waals surface area (Å²) in [5.74, 6) is -0.184. The average Bonchev–Trinajstić information content (AvgIpc) is 2.90. The molecule has 1 amide bonds. The molecule has 0 unspecified atom stereocenters. The van der Waals surface area contributed by atoms with Crippen LogP contribution < -0.4 is 5.32 Å². The quantitative estimate of drug-likeness (QED) is 0.909. The summed E-state index contributed by atoms with van der Waals surface area (Å²) < 4.78 is 0. The lowest BCUT2D eigenvalue weighted by atomic mass is 10.1. The van der Waals surface area contributed by atoms with Gasteiger partial charge in [0.05, 0.1) is 11.7 Å². The molecule has 1 aliphatic carbocycles. The van der Waals surface area contributed by atoms with Gasteiger partial charge in [0.1, 0.15) is 0 Å². The molecule has 2 aromatic rings. The van der Waals surface area contributed by atoms with Crippen molar-refractivity contribution in [1.82, 2.24) is 15.5 Å². The number of hydrogen-bond donors (Lipinski definition) is 2. The molecule has 22 heavy (non-hydrogen) atoms. The standard InChI is InChI=1S/C18H17N3O/c1-13(14-9-5-4-6-10-14)19-18(22)17-15-11-7-2-3-8-12-16(15)20-21-17/h2-13H,1H3,(H,19,22)(H,20,21)/t13-/m0/s1. The highest BCUT2D eigenvalue weighted by Crippen LogP contribution is 2.18. The summed E-state index contributed by atoms with van der Waals surface area (Å²) in [4.78, 5) is 12.5. The fourth-order valence-electron chi connectivity index (χ4n) is 2.35. The van der Waals surface area contributed by atoms with Gasteiger partial charge in [0, 0.05) is 5.56 Å². The van der Waals surface area contributed by atoms with Crippen molar-refractivity contribution < 1.29 is 4.79 Å². The number of aromatic amines is 1. The molecule has 1 aromatic carbocycles. The fraction of sp³-hybridized carbons (Fsp3) is 0.111. The number of amides is 1. The number of rotatable bonds is 3. The normalized spacial score (nSPS) is 18.4. The number of aromatic nitrogens is 2. The molecular formula is C18H17N3O. The van der Waals surface area contributed by atoms with Crippen molar-refractivity contribution in [2.45, 2.75) is 13.0 Å². The Balaban J connectivity index is 1.82. The minimum Gasteiger partial charge on any atom is -0.344 e. The monoisotopic (exact) mass is 291 g/mol. The van der Waals surface area contributed by atoms with Crippen molar-refractivity contribution in [2.75, 3.05) is 0 Å². The van der Waals surface area contributed by atoms with Crippen LogP contribution in [0.1, 0.15) is 40.3 Å². The zero-order valence-corrected chi connectivity index (χ0v) is 12.3. The maximum absolute atomic E-state index is 12.5. The van der Waals surface area contributed by atoms with Crippen LogP contribution in [0.25, 0.3) is 12.2 Å². The molecule has 0 bridgehead atoms. The van der Waals surface area contributed by atoms with Gasteiger partial charge in [0.2, 0.25) is 0 Å². The largest absolute Gasteiger partial charge is 0.344 e. The van der Waals surface area contributed by atoms with Gasteiger partial charge in [-0.1, -0.05) is 60.7 Å². The smallest absolute Gasteiger partial charge is 0.272 e. The first-order valence-electron chi connectivity index (χ1n) is 7.21. The van der Waals surface area contributed by atoms with Gasteiger partial charge < -0.3 is 5.32 Å². The molecule has 0 radical (unpaired) electrons. The van der Waals surface area contributed by atoms with Crippen molar-refractivity contribution in [3.05, 3.63) is 77.2 Å². The van der Waals surface area contributed by atoms with Gasteiger partial charge in [-0.05, 0) is 18.6 Å². The molecule has 1 aromatic heterocycles. The highest BCUT2D eigenvalue weighted by molar-refractivity contribution is 5.97. The van der Waals surface area contributed by atoms with E-state index in [0.717, 1.165) is 16.8 Å². The van der Waals surface area contributed by atoms with E-state index < -0.39 is 0 Å². The van der Waals surface area contributed by atoms with Gasteiger partial charge in [-0.2, -0.15) is 5.10 Å². The molecule has 1 aliphatic rings. The summed E-state index contributed by atoms with van der Waals surface area (Å²) in [6.07, 6.45) is 11.4. The van der Waals surface area contributed by atoms with Gasteiger partial charge >= 0.3 is 0 Å². The summed E-state index contributed by atoms with van der Waals surface area (Å²) in [5, 5.41) is 10.1. The molecule has 0 saturated carbocycles. The van der Waals surface area contributed by atoms with Crippen molar-refractivity contribution in [3.63, 3.8) is 0 Å². The minimum atomic E-state index is -0.184. The van der Waals surface area contributed by atoms with Crippen molar-refractivity contribution >= 4 is 18.1 Å². The summed E-state index contributed by atoms with van der Waals surface area (Å²) in [7, 11) is 0. The highest BCUT2D eigenvalue weighted by Gasteiger charge is 2.18. The maximum Gasteiger partial charge on any atom is 0.272 e. The summed E-state index contributed by atoms with van der Waals surface area (Å²) in [6, 6.07) is 9.79. The van der Waals surface area contributed by atoms with Gasteiger partial charge in [-0.15, -0.1) is 0 Å². The van der Waals surface area contributed by atoms with Crippen LogP contribution in [0.5, 0.6) is 0 Å². The molecule has 0 saturated heterocycles. The SMILES string of the molecule is C[C@H](NC(=O)c1n[nH]c2c1\C=C/C=C\C=C/2)c1ccccc1. The van der Waals surface area contributed by atoms with Crippen LogP contribution in [-0.2, 0) is 0 Å². The Bertz CT molecular complexity index is 754. The van der Waals surface area contributed by atoms with E-state index in [1.54, 1.807) is 0 Å². The first-order valence-corrected chi connectivity index (χ1v) is 7.21. The predicted octanol–water partition coefficient (Wildman–Crippen LogP) is 3.50. The second-order valence-corrected chi connectivity index (χ2v) is 5.11. The molecule has 0 aliphatic heterocycles. The molecule has 0 fully saturated rings. The summed E-state index contributed by atoms with van der Waals surface area (Å²) in [5.41, 5.74) is 3.11. The van der Waals surface area contributed by atoms with Gasteiger partial charge in [-0.25, -0.2) is 0 Å². The van der Waals surface area contributed by atoms with E-state index in [0.29, 0.717) is 5.69 Å². The average molecular weight is 291 g/mol. The number of nitrogens with one attached hydrogen (secondary N) is 2. The molecular weight excluding hydrogens is 274 g/mol. The maximum atomic E-state index is 12.5. The van der Waals surface area contributed by atoms with Crippen LogP contribution in [0.4, 0.5) is 0 Å². The lowest BCUT2D eigenvalue weighted by Crippen LogP contribution is -2.27. The molecule has 1 atom stereocenters. The Morgan fingerprint density at radius 2 is 1.82 bits per heavy atom. The first-order chi connectivity index (χ1) is 10.8. The van der Waals surface area contributed by atoms with Crippen LogP contribution >= 0.6 is 0 Å². The lowest BCUT2D eigenvalue weighted by molar-refractivity contribution is 0.0934. The predicted molar refractivity (Wildman–Crippen MR) is 88.1 cm³/mol. The van der Waals surface area contributed by atoms with Crippen LogP contribution in [0.15, 0.2) is 54.6 Å². The number of carbonyl (C=O) groups is 1.